The van der Waals surface area contributed by atoms with E-state index in [2.05, 4.69) is 5.32 Å². The first-order valence-electron chi connectivity index (χ1n) is 10.1. The predicted molar refractivity (Wildman–Crippen MR) is 115 cm³/mol. The summed E-state index contributed by atoms with van der Waals surface area (Å²) in [5.74, 6) is -2.49. The van der Waals surface area contributed by atoms with Gasteiger partial charge in [-0.25, -0.2) is 9.59 Å². The number of rotatable bonds is 5. The molecular weight excluding hydrogens is 412 g/mol. The summed E-state index contributed by atoms with van der Waals surface area (Å²) in [5, 5.41) is 2.75. The van der Waals surface area contributed by atoms with Gasteiger partial charge < -0.3 is 25.3 Å². The third kappa shape index (κ3) is 3.20. The second-order valence-electron chi connectivity index (χ2n) is 7.30. The summed E-state index contributed by atoms with van der Waals surface area (Å²) in [7, 11) is 0. The van der Waals surface area contributed by atoms with Crippen molar-refractivity contribution in [2.24, 2.45) is 5.73 Å². The van der Waals surface area contributed by atoms with Crippen molar-refractivity contribution in [3.63, 3.8) is 0 Å². The first kappa shape index (κ1) is 21.2. The Morgan fingerprint density at radius 2 is 1.66 bits per heavy atom. The normalized spacial score (nSPS) is 19.4. The molecule has 0 aliphatic carbocycles. The molecule has 0 bridgehead atoms. The van der Waals surface area contributed by atoms with E-state index in [1.165, 1.54) is 6.92 Å². The number of anilines is 1. The van der Waals surface area contributed by atoms with E-state index in [1.807, 2.05) is 18.2 Å². The maximum Gasteiger partial charge on any atom is 0.341 e. The van der Waals surface area contributed by atoms with Crippen molar-refractivity contribution in [1.29, 1.82) is 0 Å². The Hall–Kier alpha value is -4.07. The van der Waals surface area contributed by atoms with Crippen LogP contribution in [-0.2, 0) is 40.6 Å². The van der Waals surface area contributed by atoms with E-state index in [-0.39, 0.29) is 36.0 Å². The van der Waals surface area contributed by atoms with Gasteiger partial charge in [-0.3, -0.25) is 4.79 Å². The monoisotopic (exact) mass is 434 g/mol. The lowest BCUT2D eigenvalue weighted by Gasteiger charge is -2.35. The fourth-order valence-corrected chi connectivity index (χ4v) is 4.14. The Labute approximate surface area is 184 Å². The number of hydrogen-bond donors (Lipinski definition) is 2. The van der Waals surface area contributed by atoms with Gasteiger partial charge in [-0.05, 0) is 25.5 Å². The number of nitrogens with two attached hydrogens (primary N) is 1. The fourth-order valence-electron chi connectivity index (χ4n) is 4.14. The molecule has 0 radical (unpaired) electrons. The van der Waals surface area contributed by atoms with Gasteiger partial charge in [0.25, 0.3) is 0 Å². The van der Waals surface area contributed by atoms with Crippen molar-refractivity contribution >= 4 is 23.5 Å². The summed E-state index contributed by atoms with van der Waals surface area (Å²) in [5.41, 5.74) is 5.51. The molecule has 164 valence electrons. The second-order valence-corrected chi connectivity index (χ2v) is 7.30. The van der Waals surface area contributed by atoms with Gasteiger partial charge >= 0.3 is 11.9 Å². The Kier molecular flexibility index (Phi) is 5.44. The highest BCUT2D eigenvalue weighted by atomic mass is 16.5. The highest BCUT2D eigenvalue weighted by Crippen LogP contribution is 2.52. The van der Waals surface area contributed by atoms with E-state index < -0.39 is 23.3 Å². The molecule has 0 saturated carbocycles. The molecule has 8 heteroatoms. The molecule has 0 saturated heterocycles. The molecule has 32 heavy (non-hydrogen) atoms. The summed E-state index contributed by atoms with van der Waals surface area (Å²) in [6, 6.07) is 15.8. The molecule has 0 fully saturated rings. The zero-order valence-corrected chi connectivity index (χ0v) is 17.6. The highest BCUT2D eigenvalue weighted by molar-refractivity contribution is 6.21. The Morgan fingerprint density at radius 1 is 1.00 bits per heavy atom. The van der Waals surface area contributed by atoms with E-state index in [9.17, 15) is 14.4 Å². The van der Waals surface area contributed by atoms with Crippen LogP contribution in [0.3, 0.4) is 0 Å². The second kappa shape index (κ2) is 8.22. The largest absolute Gasteiger partial charge is 0.462 e. The van der Waals surface area contributed by atoms with Crippen LogP contribution in [0.5, 0.6) is 0 Å². The number of hydrogen-bond acceptors (Lipinski definition) is 7. The minimum absolute atomic E-state index is 0.0484. The van der Waals surface area contributed by atoms with Gasteiger partial charge in [-0.15, -0.1) is 0 Å². The lowest BCUT2D eigenvalue weighted by molar-refractivity contribution is -0.144. The SMILES string of the molecule is CCOC(=O)C1=C(C)OC(N)=C(C(=O)OCc2ccccc2)[C@]12C(=O)Nc1ccccc12. The number of para-hydroxylation sites is 1. The third-order valence-electron chi connectivity index (χ3n) is 5.43. The van der Waals surface area contributed by atoms with Crippen LogP contribution in [-0.4, -0.2) is 24.5 Å². The summed E-state index contributed by atoms with van der Waals surface area (Å²) < 4.78 is 16.3. The topological polar surface area (TPSA) is 117 Å². The van der Waals surface area contributed by atoms with E-state index in [4.69, 9.17) is 19.9 Å². The summed E-state index contributed by atoms with van der Waals surface area (Å²) >= 11 is 0. The molecule has 2 aliphatic heterocycles. The van der Waals surface area contributed by atoms with E-state index in [0.29, 0.717) is 11.3 Å². The maximum atomic E-state index is 13.5. The van der Waals surface area contributed by atoms with Gasteiger partial charge in [0.05, 0.1) is 6.61 Å². The molecular formula is C24H22N2O6. The van der Waals surface area contributed by atoms with Crippen LogP contribution in [0.4, 0.5) is 5.69 Å². The van der Waals surface area contributed by atoms with Gasteiger partial charge in [0.1, 0.15) is 28.9 Å². The van der Waals surface area contributed by atoms with Gasteiger partial charge in [-0.2, -0.15) is 0 Å². The van der Waals surface area contributed by atoms with Gasteiger partial charge in [-0.1, -0.05) is 48.5 Å². The van der Waals surface area contributed by atoms with E-state index >= 15 is 0 Å². The van der Waals surface area contributed by atoms with E-state index in [1.54, 1.807) is 43.3 Å². The molecule has 1 spiro atoms. The molecule has 2 heterocycles. The summed E-state index contributed by atoms with van der Waals surface area (Å²) in [6.07, 6.45) is 0. The van der Waals surface area contributed by atoms with Crippen molar-refractivity contribution in [2.45, 2.75) is 25.9 Å². The number of benzene rings is 2. The Bertz CT molecular complexity index is 1170. The average Bonchev–Trinajstić information content (AvgIpc) is 3.05. The number of allylic oxidation sites excluding steroid dienone is 1. The molecule has 3 N–H and O–H groups in total. The molecule has 2 aromatic rings. The molecule has 2 aromatic carbocycles. The van der Waals surface area contributed by atoms with Crippen molar-refractivity contribution in [3.05, 3.63) is 88.5 Å². The summed E-state index contributed by atoms with van der Waals surface area (Å²) in [6.45, 7) is 3.17. The molecule has 8 nitrogen and oxygen atoms in total. The third-order valence-corrected chi connectivity index (χ3v) is 5.43. The predicted octanol–water partition coefficient (Wildman–Crippen LogP) is 2.66. The van der Waals surface area contributed by atoms with Crippen molar-refractivity contribution in [1.82, 2.24) is 0 Å². The molecule has 2 aliphatic rings. The number of nitrogens with one attached hydrogen (secondary N) is 1. The van der Waals surface area contributed by atoms with Gasteiger partial charge in [0.15, 0.2) is 0 Å². The summed E-state index contributed by atoms with van der Waals surface area (Å²) in [4.78, 5) is 39.9. The zero-order chi connectivity index (χ0) is 22.9. The quantitative estimate of drug-likeness (QED) is 0.695. The van der Waals surface area contributed by atoms with Crippen molar-refractivity contribution in [3.8, 4) is 0 Å². The van der Waals surface area contributed by atoms with Crippen LogP contribution in [0, 0.1) is 0 Å². The highest BCUT2D eigenvalue weighted by Gasteiger charge is 2.61. The van der Waals surface area contributed by atoms with Crippen molar-refractivity contribution < 1.29 is 28.6 Å². The number of ether oxygens (including phenoxy) is 3. The number of amides is 1. The van der Waals surface area contributed by atoms with Crippen LogP contribution in [0.25, 0.3) is 0 Å². The molecule has 0 aromatic heterocycles. The smallest absolute Gasteiger partial charge is 0.341 e. The first-order valence-corrected chi connectivity index (χ1v) is 10.1. The Morgan fingerprint density at radius 3 is 2.38 bits per heavy atom. The van der Waals surface area contributed by atoms with Crippen molar-refractivity contribution in [2.75, 3.05) is 11.9 Å². The van der Waals surface area contributed by atoms with Crippen LogP contribution in [0.1, 0.15) is 25.0 Å². The van der Waals surface area contributed by atoms with E-state index in [0.717, 1.165) is 5.56 Å². The van der Waals surface area contributed by atoms with Crippen LogP contribution >= 0.6 is 0 Å². The first-order chi connectivity index (χ1) is 15.4. The molecule has 0 unspecified atom stereocenters. The Balaban J connectivity index is 1.86. The molecule has 1 atom stereocenters. The number of fused-ring (bicyclic) bond motifs is 2. The molecule has 1 amide bonds. The lowest BCUT2D eigenvalue weighted by Crippen LogP contribution is -2.48. The van der Waals surface area contributed by atoms with Crippen LogP contribution in [0.15, 0.2) is 77.4 Å². The average molecular weight is 434 g/mol. The number of carbonyl (C=O) groups is 3. The zero-order valence-electron chi connectivity index (χ0n) is 17.6. The fraction of sp³-hybridized carbons (Fsp3) is 0.208. The van der Waals surface area contributed by atoms with Crippen LogP contribution in [0.2, 0.25) is 0 Å². The minimum Gasteiger partial charge on any atom is -0.462 e. The minimum atomic E-state index is -1.86. The maximum absolute atomic E-state index is 13.5. The van der Waals surface area contributed by atoms with Gasteiger partial charge in [0.2, 0.25) is 11.8 Å². The number of carbonyl (C=O) groups excluding carboxylic acids is 3. The standard InChI is InChI=1S/C24H22N2O6/c1-3-30-21(27)18-14(2)32-20(25)19(22(28)31-13-15-9-5-4-6-10-15)24(18)16-11-7-8-12-17(16)26-23(24)29/h4-12H,3,13,25H2,1-2H3,(H,26,29)/t24-/m1/s1. The van der Waals surface area contributed by atoms with Gasteiger partial charge in [0, 0.05) is 11.3 Å². The molecule has 4 rings (SSSR count). The number of esters is 2. The van der Waals surface area contributed by atoms with Crippen LogP contribution < -0.4 is 11.1 Å². The lowest BCUT2D eigenvalue weighted by atomic mass is 9.67.